The highest BCUT2D eigenvalue weighted by Gasteiger charge is 2.29. The molecule has 128 valence electrons. The first kappa shape index (κ1) is 18.1. The van der Waals surface area contributed by atoms with Crippen molar-refractivity contribution in [3.63, 3.8) is 0 Å². The summed E-state index contributed by atoms with van der Waals surface area (Å²) in [7, 11) is 0. The van der Waals surface area contributed by atoms with Crippen LogP contribution in [0.3, 0.4) is 0 Å². The molecule has 24 heavy (non-hydrogen) atoms. The number of amides is 3. The molecule has 0 radical (unpaired) electrons. The second kappa shape index (κ2) is 8.05. The Bertz CT molecular complexity index is 673. The van der Waals surface area contributed by atoms with Crippen molar-refractivity contribution in [2.24, 2.45) is 0 Å². The maximum Gasteiger partial charge on any atom is 0.308 e. The Morgan fingerprint density at radius 2 is 1.92 bits per heavy atom. The predicted octanol–water partition coefficient (Wildman–Crippen LogP) is 1.78. The van der Waals surface area contributed by atoms with Gasteiger partial charge in [-0.1, -0.05) is 15.9 Å². The first-order valence-electron chi connectivity index (χ1n) is 7.41. The first-order chi connectivity index (χ1) is 11.4. The summed E-state index contributed by atoms with van der Waals surface area (Å²) in [5.74, 6) is -1.65. The van der Waals surface area contributed by atoms with E-state index in [1.54, 1.807) is 12.1 Å². The Morgan fingerprint density at radius 1 is 1.25 bits per heavy atom. The quantitative estimate of drug-likeness (QED) is 0.584. The standard InChI is InChI=1S/C16H17BrN2O5/c1-10-8-11(17)2-3-12(10)18-13(20)9-24-16(23)6-7-19-14(21)4-5-15(19)22/h2-3,8H,4-7,9H2,1H3,(H,18,20). The van der Waals surface area contributed by atoms with Crippen LogP contribution in [0, 0.1) is 6.92 Å². The number of carbonyl (C=O) groups is 4. The summed E-state index contributed by atoms with van der Waals surface area (Å²) >= 11 is 3.33. The van der Waals surface area contributed by atoms with Crippen LogP contribution in [0.4, 0.5) is 5.69 Å². The van der Waals surface area contributed by atoms with Crippen LogP contribution in [-0.2, 0) is 23.9 Å². The maximum atomic E-state index is 11.8. The van der Waals surface area contributed by atoms with E-state index in [1.807, 2.05) is 13.0 Å². The van der Waals surface area contributed by atoms with Gasteiger partial charge >= 0.3 is 5.97 Å². The first-order valence-corrected chi connectivity index (χ1v) is 8.21. The van der Waals surface area contributed by atoms with Crippen molar-refractivity contribution < 1.29 is 23.9 Å². The van der Waals surface area contributed by atoms with Crippen LogP contribution in [0.5, 0.6) is 0 Å². The largest absolute Gasteiger partial charge is 0.456 e. The van der Waals surface area contributed by atoms with Gasteiger partial charge in [0.15, 0.2) is 6.61 Å². The second-order valence-electron chi connectivity index (χ2n) is 5.36. The molecule has 8 heteroatoms. The molecule has 0 unspecified atom stereocenters. The molecule has 0 spiro atoms. The van der Waals surface area contributed by atoms with Gasteiger partial charge in [0, 0.05) is 29.5 Å². The fourth-order valence-electron chi connectivity index (χ4n) is 2.25. The summed E-state index contributed by atoms with van der Waals surface area (Å²) in [4.78, 5) is 47.3. The zero-order valence-electron chi connectivity index (χ0n) is 13.1. The second-order valence-corrected chi connectivity index (χ2v) is 6.27. The SMILES string of the molecule is Cc1cc(Br)ccc1NC(=O)COC(=O)CCN1C(=O)CCC1=O. The van der Waals surface area contributed by atoms with Crippen molar-refractivity contribution in [1.29, 1.82) is 0 Å². The summed E-state index contributed by atoms with van der Waals surface area (Å²) in [5.41, 5.74) is 1.50. The third kappa shape index (κ3) is 4.89. The maximum absolute atomic E-state index is 11.8. The van der Waals surface area contributed by atoms with Gasteiger partial charge in [-0.15, -0.1) is 0 Å². The number of anilines is 1. The number of rotatable bonds is 6. The average Bonchev–Trinajstić information content (AvgIpc) is 2.84. The van der Waals surface area contributed by atoms with Gasteiger partial charge in [0.2, 0.25) is 11.8 Å². The number of hydrogen-bond donors (Lipinski definition) is 1. The monoisotopic (exact) mass is 396 g/mol. The lowest BCUT2D eigenvalue weighted by atomic mass is 10.2. The van der Waals surface area contributed by atoms with Crippen molar-refractivity contribution in [2.75, 3.05) is 18.5 Å². The molecule has 1 aliphatic rings. The molecule has 1 aromatic rings. The number of nitrogens with zero attached hydrogens (tertiary/aromatic N) is 1. The minimum atomic E-state index is -0.634. The number of aryl methyl sites for hydroxylation is 1. The fraction of sp³-hybridized carbons (Fsp3) is 0.375. The van der Waals surface area contributed by atoms with Crippen molar-refractivity contribution in [3.8, 4) is 0 Å². The van der Waals surface area contributed by atoms with Gasteiger partial charge in [0.1, 0.15) is 0 Å². The van der Waals surface area contributed by atoms with Gasteiger partial charge in [-0.3, -0.25) is 24.1 Å². The zero-order chi connectivity index (χ0) is 17.7. The van der Waals surface area contributed by atoms with Gasteiger partial charge in [-0.25, -0.2) is 0 Å². The number of carbonyl (C=O) groups excluding carboxylic acids is 4. The van der Waals surface area contributed by atoms with E-state index in [-0.39, 0.29) is 37.6 Å². The smallest absolute Gasteiger partial charge is 0.308 e. The number of nitrogens with one attached hydrogen (secondary N) is 1. The van der Waals surface area contributed by atoms with Crippen molar-refractivity contribution in [2.45, 2.75) is 26.2 Å². The van der Waals surface area contributed by atoms with E-state index >= 15 is 0 Å². The number of benzene rings is 1. The highest BCUT2D eigenvalue weighted by atomic mass is 79.9. The minimum absolute atomic E-state index is 0.00998. The van der Waals surface area contributed by atoms with Crippen LogP contribution < -0.4 is 5.32 Å². The summed E-state index contributed by atoms with van der Waals surface area (Å²) in [6.07, 6.45) is 0.244. The summed E-state index contributed by atoms with van der Waals surface area (Å²) in [5, 5.41) is 2.65. The normalized spacial score (nSPS) is 14.0. The topological polar surface area (TPSA) is 92.8 Å². The van der Waals surface area contributed by atoms with Crippen molar-refractivity contribution in [1.82, 2.24) is 4.90 Å². The van der Waals surface area contributed by atoms with Gasteiger partial charge in [-0.05, 0) is 30.7 Å². The highest BCUT2D eigenvalue weighted by molar-refractivity contribution is 9.10. The van der Waals surface area contributed by atoms with Crippen LogP contribution >= 0.6 is 15.9 Å². The van der Waals surface area contributed by atoms with E-state index in [2.05, 4.69) is 21.2 Å². The summed E-state index contributed by atoms with van der Waals surface area (Å²) in [6, 6.07) is 5.38. The Hall–Kier alpha value is -2.22. The molecule has 1 heterocycles. The molecular formula is C16H17BrN2O5. The van der Waals surface area contributed by atoms with E-state index in [1.165, 1.54) is 0 Å². The average molecular weight is 397 g/mol. The number of ether oxygens (including phenoxy) is 1. The third-order valence-corrected chi connectivity index (χ3v) is 4.01. The van der Waals surface area contributed by atoms with E-state index in [9.17, 15) is 19.2 Å². The summed E-state index contributed by atoms with van der Waals surface area (Å²) in [6.45, 7) is 1.41. The Labute approximate surface area is 147 Å². The Kier molecular flexibility index (Phi) is 6.08. The van der Waals surface area contributed by atoms with Crippen LogP contribution in [0.1, 0.15) is 24.8 Å². The lowest BCUT2D eigenvalue weighted by molar-refractivity contribution is -0.148. The zero-order valence-corrected chi connectivity index (χ0v) is 14.7. The van der Waals surface area contributed by atoms with Crippen LogP contribution in [-0.4, -0.2) is 41.7 Å². The van der Waals surface area contributed by atoms with E-state index in [0.29, 0.717) is 5.69 Å². The van der Waals surface area contributed by atoms with Crippen LogP contribution in [0.15, 0.2) is 22.7 Å². The van der Waals surface area contributed by atoms with Crippen LogP contribution in [0.2, 0.25) is 0 Å². The molecule has 0 bridgehead atoms. The lowest BCUT2D eigenvalue weighted by Gasteiger charge is -2.13. The molecule has 3 amide bonds. The third-order valence-electron chi connectivity index (χ3n) is 3.52. The number of hydrogen-bond acceptors (Lipinski definition) is 5. The summed E-state index contributed by atoms with van der Waals surface area (Å²) < 4.78 is 5.76. The molecule has 1 fully saturated rings. The van der Waals surface area contributed by atoms with Crippen molar-refractivity contribution in [3.05, 3.63) is 28.2 Å². The van der Waals surface area contributed by atoms with E-state index < -0.39 is 18.5 Å². The Balaban J connectivity index is 1.74. The number of halogens is 1. The molecule has 0 aromatic heterocycles. The molecular weight excluding hydrogens is 380 g/mol. The molecule has 0 saturated carbocycles. The number of imide groups is 1. The molecule has 2 rings (SSSR count). The molecule has 1 saturated heterocycles. The van der Waals surface area contributed by atoms with E-state index in [0.717, 1.165) is 14.9 Å². The van der Waals surface area contributed by atoms with Gasteiger partial charge < -0.3 is 10.1 Å². The predicted molar refractivity (Wildman–Crippen MR) is 89.0 cm³/mol. The molecule has 0 aliphatic carbocycles. The number of esters is 1. The number of likely N-dealkylation sites (tertiary alicyclic amines) is 1. The van der Waals surface area contributed by atoms with Gasteiger partial charge in [0.05, 0.1) is 6.42 Å². The Morgan fingerprint density at radius 3 is 2.54 bits per heavy atom. The molecule has 1 aromatic carbocycles. The highest BCUT2D eigenvalue weighted by Crippen LogP contribution is 2.19. The molecule has 0 atom stereocenters. The van der Waals surface area contributed by atoms with E-state index in [4.69, 9.17) is 4.74 Å². The molecule has 1 N–H and O–H groups in total. The van der Waals surface area contributed by atoms with Crippen molar-refractivity contribution >= 4 is 45.3 Å². The van der Waals surface area contributed by atoms with Crippen LogP contribution in [0.25, 0.3) is 0 Å². The van der Waals surface area contributed by atoms with Gasteiger partial charge in [-0.2, -0.15) is 0 Å². The lowest BCUT2D eigenvalue weighted by Crippen LogP contribution is -2.32. The molecule has 1 aliphatic heterocycles. The fourth-order valence-corrected chi connectivity index (χ4v) is 2.72. The van der Waals surface area contributed by atoms with Gasteiger partial charge in [0.25, 0.3) is 5.91 Å². The minimum Gasteiger partial charge on any atom is -0.456 e. The molecule has 7 nitrogen and oxygen atoms in total.